The molecule has 0 aliphatic heterocycles. The van der Waals surface area contributed by atoms with Crippen LogP contribution < -0.4 is 10.1 Å². The zero-order chi connectivity index (χ0) is 20.2. The van der Waals surface area contributed by atoms with Crippen molar-refractivity contribution in [3.8, 4) is 5.75 Å². The molecule has 0 aliphatic rings. The van der Waals surface area contributed by atoms with E-state index < -0.39 is 27.5 Å². The molecule has 0 unspecified atom stereocenters. The number of rotatable bonds is 6. The lowest BCUT2D eigenvalue weighted by Gasteiger charge is -2.11. The van der Waals surface area contributed by atoms with Crippen LogP contribution in [0.25, 0.3) is 0 Å². The molecule has 10 heteroatoms. The second kappa shape index (κ2) is 8.18. The predicted molar refractivity (Wildman–Crippen MR) is 93.8 cm³/mol. The summed E-state index contributed by atoms with van der Waals surface area (Å²) in [5, 5.41) is 2.54. The molecule has 1 amide bonds. The Labute approximate surface area is 159 Å². The summed E-state index contributed by atoms with van der Waals surface area (Å²) in [5.74, 6) is -0.616. The van der Waals surface area contributed by atoms with Gasteiger partial charge in [-0.3, -0.25) is 4.79 Å². The van der Waals surface area contributed by atoms with Crippen LogP contribution in [0.1, 0.15) is 15.9 Å². The minimum absolute atomic E-state index is 0.0104. The number of benzene rings is 2. The summed E-state index contributed by atoms with van der Waals surface area (Å²) >= 11 is 5.92. The van der Waals surface area contributed by atoms with Gasteiger partial charge in [0.05, 0.1) is 27.6 Å². The number of nitrogens with one attached hydrogen (secondary N) is 1. The van der Waals surface area contributed by atoms with Crippen molar-refractivity contribution >= 4 is 27.3 Å². The summed E-state index contributed by atoms with van der Waals surface area (Å²) in [6, 6.07) is 8.09. The molecule has 0 aromatic heterocycles. The van der Waals surface area contributed by atoms with E-state index in [-0.39, 0.29) is 34.4 Å². The van der Waals surface area contributed by atoms with Gasteiger partial charge < -0.3 is 10.1 Å². The summed E-state index contributed by atoms with van der Waals surface area (Å²) in [5.41, 5.74) is -0.868. The lowest BCUT2D eigenvalue weighted by atomic mass is 10.2. The average molecular weight is 422 g/mol. The Morgan fingerprint density at radius 1 is 1.19 bits per heavy atom. The van der Waals surface area contributed by atoms with E-state index in [1.165, 1.54) is 24.3 Å². The Morgan fingerprint density at radius 3 is 2.52 bits per heavy atom. The van der Waals surface area contributed by atoms with Crippen LogP contribution in [0.2, 0.25) is 5.02 Å². The summed E-state index contributed by atoms with van der Waals surface area (Å²) in [7, 11) is -3.51. The zero-order valence-corrected chi connectivity index (χ0v) is 15.6. The molecule has 0 aliphatic carbocycles. The van der Waals surface area contributed by atoms with Gasteiger partial charge in [-0.1, -0.05) is 17.7 Å². The monoisotopic (exact) mass is 421 g/mol. The molecule has 1 N–H and O–H groups in total. The number of carbonyl (C=O) groups excluding carboxylic acids is 1. The molecule has 27 heavy (non-hydrogen) atoms. The first-order valence-corrected chi connectivity index (χ1v) is 9.83. The van der Waals surface area contributed by atoms with Crippen molar-refractivity contribution in [2.45, 2.75) is 11.1 Å². The highest BCUT2D eigenvalue weighted by Crippen LogP contribution is 2.31. The fourth-order valence-electron chi connectivity index (χ4n) is 2.10. The maximum absolute atomic E-state index is 12.6. The van der Waals surface area contributed by atoms with Crippen molar-refractivity contribution < 1.29 is 31.1 Å². The van der Waals surface area contributed by atoms with Crippen molar-refractivity contribution in [3.63, 3.8) is 0 Å². The van der Waals surface area contributed by atoms with Gasteiger partial charge in [-0.25, -0.2) is 8.42 Å². The second-order valence-electron chi connectivity index (χ2n) is 5.54. The SMILES string of the molecule is CS(=O)(=O)c1ccc(Cl)c(C(=O)NCCOc2cccc(C(F)(F)F)c2)c1. The molecule has 0 fully saturated rings. The van der Waals surface area contributed by atoms with Crippen LogP contribution in [0.15, 0.2) is 47.4 Å². The van der Waals surface area contributed by atoms with E-state index in [1.807, 2.05) is 0 Å². The third-order valence-corrected chi connectivity index (χ3v) is 4.87. The van der Waals surface area contributed by atoms with Gasteiger partial charge in [0.25, 0.3) is 5.91 Å². The van der Waals surface area contributed by atoms with Crippen LogP contribution in [0.4, 0.5) is 13.2 Å². The minimum atomic E-state index is -4.48. The van der Waals surface area contributed by atoms with E-state index >= 15 is 0 Å². The highest BCUT2D eigenvalue weighted by molar-refractivity contribution is 7.90. The third kappa shape index (κ3) is 5.86. The molecule has 2 aromatic carbocycles. The minimum Gasteiger partial charge on any atom is -0.492 e. The Balaban J connectivity index is 1.96. The maximum Gasteiger partial charge on any atom is 0.416 e. The standard InChI is InChI=1S/C17H15ClF3NO4S/c1-27(24,25)13-5-6-15(18)14(10-13)16(23)22-7-8-26-12-4-2-3-11(9-12)17(19,20)21/h2-6,9-10H,7-8H2,1H3,(H,22,23). The smallest absolute Gasteiger partial charge is 0.416 e. The maximum atomic E-state index is 12.6. The number of alkyl halides is 3. The van der Waals surface area contributed by atoms with Crippen molar-refractivity contribution in [2.24, 2.45) is 0 Å². The number of ether oxygens (including phenoxy) is 1. The normalized spacial score (nSPS) is 11.9. The molecule has 0 atom stereocenters. The molecule has 2 rings (SSSR count). The van der Waals surface area contributed by atoms with Gasteiger partial charge in [-0.2, -0.15) is 13.2 Å². The lowest BCUT2D eigenvalue weighted by molar-refractivity contribution is -0.137. The highest BCUT2D eigenvalue weighted by atomic mass is 35.5. The van der Waals surface area contributed by atoms with Crippen LogP contribution in [0.5, 0.6) is 5.75 Å². The van der Waals surface area contributed by atoms with E-state index in [4.69, 9.17) is 16.3 Å². The van der Waals surface area contributed by atoms with Gasteiger partial charge in [-0.15, -0.1) is 0 Å². The van der Waals surface area contributed by atoms with Crippen LogP contribution in [0, 0.1) is 0 Å². The molecule has 0 bridgehead atoms. The van der Waals surface area contributed by atoms with Crippen LogP contribution in [0.3, 0.4) is 0 Å². The second-order valence-corrected chi connectivity index (χ2v) is 7.97. The van der Waals surface area contributed by atoms with E-state index in [0.29, 0.717) is 0 Å². The summed E-state index contributed by atoms with van der Waals surface area (Å²) in [6.07, 6.45) is -3.48. The Bertz CT molecular complexity index is 945. The number of sulfone groups is 1. The van der Waals surface area contributed by atoms with Crippen molar-refractivity contribution in [3.05, 3.63) is 58.6 Å². The van der Waals surface area contributed by atoms with Crippen molar-refractivity contribution in [2.75, 3.05) is 19.4 Å². The number of amides is 1. The molecular formula is C17H15ClF3NO4S. The molecule has 5 nitrogen and oxygen atoms in total. The molecular weight excluding hydrogens is 407 g/mol. The van der Waals surface area contributed by atoms with Gasteiger partial charge in [0.1, 0.15) is 12.4 Å². The van der Waals surface area contributed by atoms with Crippen LogP contribution in [-0.4, -0.2) is 33.7 Å². The predicted octanol–water partition coefficient (Wildman–Crippen LogP) is 3.57. The molecule has 0 saturated carbocycles. The zero-order valence-electron chi connectivity index (χ0n) is 14.0. The molecule has 0 radical (unpaired) electrons. The van der Waals surface area contributed by atoms with Crippen molar-refractivity contribution in [1.82, 2.24) is 5.32 Å². The first kappa shape index (κ1) is 21.0. The van der Waals surface area contributed by atoms with E-state index in [9.17, 15) is 26.4 Å². The van der Waals surface area contributed by atoms with Crippen molar-refractivity contribution in [1.29, 1.82) is 0 Å². The Morgan fingerprint density at radius 2 is 1.89 bits per heavy atom. The Kier molecular flexibility index (Phi) is 6.38. The van der Waals surface area contributed by atoms with Gasteiger partial charge in [0.2, 0.25) is 0 Å². The quantitative estimate of drug-likeness (QED) is 0.724. The molecule has 0 spiro atoms. The van der Waals surface area contributed by atoms with Gasteiger partial charge >= 0.3 is 6.18 Å². The average Bonchev–Trinajstić information content (AvgIpc) is 2.57. The Hall–Kier alpha value is -2.26. The van der Waals surface area contributed by atoms with Gasteiger partial charge in [0, 0.05) is 6.26 Å². The number of hydrogen-bond donors (Lipinski definition) is 1. The summed E-state index contributed by atoms with van der Waals surface area (Å²) in [6.45, 7) is -0.106. The number of halogens is 4. The topological polar surface area (TPSA) is 72.5 Å². The summed E-state index contributed by atoms with van der Waals surface area (Å²) < 4.78 is 66.2. The molecule has 2 aromatic rings. The van der Waals surface area contributed by atoms with E-state index in [1.54, 1.807) is 0 Å². The fraction of sp³-hybridized carbons (Fsp3) is 0.235. The third-order valence-electron chi connectivity index (χ3n) is 3.43. The molecule has 146 valence electrons. The molecule has 0 saturated heterocycles. The van der Waals surface area contributed by atoms with E-state index in [0.717, 1.165) is 24.5 Å². The largest absolute Gasteiger partial charge is 0.492 e. The first-order valence-electron chi connectivity index (χ1n) is 7.56. The first-order chi connectivity index (χ1) is 12.5. The van der Waals surface area contributed by atoms with E-state index in [2.05, 4.69) is 5.32 Å². The molecule has 0 heterocycles. The van der Waals surface area contributed by atoms with Crippen LogP contribution >= 0.6 is 11.6 Å². The summed E-state index contributed by atoms with van der Waals surface area (Å²) in [4.78, 5) is 12.1. The number of carbonyl (C=O) groups is 1. The highest BCUT2D eigenvalue weighted by Gasteiger charge is 2.30. The van der Waals surface area contributed by atoms with Gasteiger partial charge in [-0.05, 0) is 36.4 Å². The fourth-order valence-corrected chi connectivity index (χ4v) is 2.95. The number of hydrogen-bond acceptors (Lipinski definition) is 4. The lowest BCUT2D eigenvalue weighted by Crippen LogP contribution is -2.28. The van der Waals surface area contributed by atoms with Gasteiger partial charge in [0.15, 0.2) is 9.84 Å². The van der Waals surface area contributed by atoms with Crippen LogP contribution in [-0.2, 0) is 16.0 Å².